The van der Waals surface area contributed by atoms with E-state index < -0.39 is 6.10 Å². The van der Waals surface area contributed by atoms with E-state index in [2.05, 4.69) is 0 Å². The maximum atomic E-state index is 13.0. The fourth-order valence-corrected chi connectivity index (χ4v) is 3.28. The molecule has 1 N–H and O–H groups in total. The molecule has 0 bridgehead atoms. The highest BCUT2D eigenvalue weighted by molar-refractivity contribution is 5.77. The van der Waals surface area contributed by atoms with Crippen LogP contribution in [0.4, 0.5) is 4.39 Å². The number of benzene rings is 2. The molecular weight excluding hydrogens is 305 g/mol. The van der Waals surface area contributed by atoms with Crippen LogP contribution < -0.4 is 0 Å². The quantitative estimate of drug-likeness (QED) is 0.931. The largest absolute Gasteiger partial charge is 0.388 e. The topological polar surface area (TPSA) is 40.5 Å². The number of hydrogen-bond acceptors (Lipinski definition) is 2. The van der Waals surface area contributed by atoms with Crippen LogP contribution in [0.2, 0.25) is 0 Å². The van der Waals surface area contributed by atoms with Crippen molar-refractivity contribution in [1.82, 2.24) is 4.90 Å². The van der Waals surface area contributed by atoms with Crippen LogP contribution in [0.1, 0.15) is 42.4 Å². The molecule has 126 valence electrons. The molecule has 3 rings (SSSR count). The molecule has 0 radical (unpaired) electrons. The second-order valence-electron chi connectivity index (χ2n) is 6.34. The van der Waals surface area contributed by atoms with Crippen LogP contribution in [0.25, 0.3) is 0 Å². The number of piperidine rings is 1. The Hall–Kier alpha value is -2.20. The highest BCUT2D eigenvalue weighted by Crippen LogP contribution is 2.29. The predicted molar refractivity (Wildman–Crippen MR) is 91.0 cm³/mol. The van der Waals surface area contributed by atoms with Crippen molar-refractivity contribution in [2.24, 2.45) is 0 Å². The smallest absolute Gasteiger partial charge is 0.225 e. The van der Waals surface area contributed by atoms with Gasteiger partial charge >= 0.3 is 0 Å². The van der Waals surface area contributed by atoms with E-state index in [-0.39, 0.29) is 18.1 Å². The second kappa shape index (κ2) is 7.58. The summed E-state index contributed by atoms with van der Waals surface area (Å²) in [5.41, 5.74) is 1.90. The van der Waals surface area contributed by atoms with E-state index in [1.165, 1.54) is 12.1 Å². The number of halogens is 1. The molecular formula is C20H22FNO2. The van der Waals surface area contributed by atoms with E-state index in [0.29, 0.717) is 19.0 Å². The number of hydrogen-bond donors (Lipinski definition) is 1. The van der Waals surface area contributed by atoms with Crippen LogP contribution in [0, 0.1) is 5.82 Å². The Bertz CT molecular complexity index is 664. The second-order valence-corrected chi connectivity index (χ2v) is 6.34. The third kappa shape index (κ3) is 4.01. The van der Waals surface area contributed by atoms with Crippen LogP contribution in [0.5, 0.6) is 0 Å². The van der Waals surface area contributed by atoms with Crippen molar-refractivity contribution in [2.75, 3.05) is 13.1 Å². The van der Waals surface area contributed by atoms with Gasteiger partial charge in [-0.05, 0) is 42.0 Å². The molecule has 0 aliphatic carbocycles. The Kier molecular flexibility index (Phi) is 5.26. The van der Waals surface area contributed by atoms with Gasteiger partial charge in [0, 0.05) is 13.1 Å². The van der Waals surface area contributed by atoms with Crippen LogP contribution >= 0.6 is 0 Å². The van der Waals surface area contributed by atoms with Gasteiger partial charge in [-0.2, -0.15) is 0 Å². The summed E-state index contributed by atoms with van der Waals surface area (Å²) in [5.74, 6) is 0.138. The number of carbonyl (C=O) groups is 1. The Balaban J connectivity index is 1.52. The molecule has 1 unspecified atom stereocenters. The Morgan fingerprint density at radius 1 is 1.08 bits per heavy atom. The molecule has 0 spiro atoms. The number of likely N-dealkylation sites (tertiary alicyclic amines) is 1. The molecule has 3 nitrogen and oxygen atoms in total. The van der Waals surface area contributed by atoms with Gasteiger partial charge in [-0.25, -0.2) is 4.39 Å². The van der Waals surface area contributed by atoms with Crippen LogP contribution in [0.15, 0.2) is 54.6 Å². The first-order valence-electron chi connectivity index (χ1n) is 8.40. The van der Waals surface area contributed by atoms with Crippen LogP contribution in [-0.2, 0) is 4.79 Å². The molecule has 1 aliphatic rings. The minimum absolute atomic E-state index is 0.0103. The molecule has 0 aromatic heterocycles. The van der Waals surface area contributed by atoms with Crippen molar-refractivity contribution >= 4 is 5.91 Å². The molecule has 1 atom stereocenters. The number of carbonyl (C=O) groups excluding carboxylic acids is 1. The molecule has 1 amide bonds. The van der Waals surface area contributed by atoms with Gasteiger partial charge in [-0.15, -0.1) is 0 Å². The number of aliphatic hydroxyl groups is 1. The molecule has 24 heavy (non-hydrogen) atoms. The normalized spacial score (nSPS) is 16.8. The Morgan fingerprint density at radius 3 is 2.33 bits per heavy atom. The van der Waals surface area contributed by atoms with Crippen molar-refractivity contribution < 1.29 is 14.3 Å². The van der Waals surface area contributed by atoms with E-state index in [4.69, 9.17) is 0 Å². The number of amides is 1. The summed E-state index contributed by atoms with van der Waals surface area (Å²) in [5, 5.41) is 10.2. The minimum Gasteiger partial charge on any atom is -0.388 e. The van der Waals surface area contributed by atoms with Gasteiger partial charge in [0.05, 0.1) is 12.5 Å². The van der Waals surface area contributed by atoms with Gasteiger partial charge in [-0.3, -0.25) is 4.79 Å². The van der Waals surface area contributed by atoms with Crippen molar-refractivity contribution in [1.29, 1.82) is 0 Å². The summed E-state index contributed by atoms with van der Waals surface area (Å²) in [6, 6.07) is 15.9. The lowest BCUT2D eigenvalue weighted by Crippen LogP contribution is -2.38. The third-order valence-electron chi connectivity index (χ3n) is 4.74. The summed E-state index contributed by atoms with van der Waals surface area (Å²) in [4.78, 5) is 14.2. The standard InChI is InChI=1S/C20H22FNO2/c21-18-8-6-15(7-9-18)16-10-12-22(13-11-16)20(24)14-19(23)17-4-2-1-3-5-17/h1-9,16,19,23H,10-14H2. The third-order valence-corrected chi connectivity index (χ3v) is 4.74. The van der Waals surface area contributed by atoms with Gasteiger partial charge < -0.3 is 10.0 Å². The maximum absolute atomic E-state index is 13.0. The highest BCUT2D eigenvalue weighted by Gasteiger charge is 2.25. The fourth-order valence-electron chi connectivity index (χ4n) is 3.28. The Labute approximate surface area is 141 Å². The summed E-state index contributed by atoms with van der Waals surface area (Å²) in [6.07, 6.45) is 1.11. The molecule has 1 heterocycles. The fraction of sp³-hybridized carbons (Fsp3) is 0.350. The van der Waals surface area contributed by atoms with E-state index in [1.54, 1.807) is 0 Å². The first-order chi connectivity index (χ1) is 11.6. The molecule has 1 saturated heterocycles. The SMILES string of the molecule is O=C(CC(O)c1ccccc1)N1CCC(c2ccc(F)cc2)CC1. The van der Waals surface area contributed by atoms with Gasteiger partial charge in [0.15, 0.2) is 0 Å². The zero-order valence-electron chi connectivity index (χ0n) is 13.6. The molecule has 4 heteroatoms. The lowest BCUT2D eigenvalue weighted by Gasteiger charge is -2.32. The summed E-state index contributed by atoms with van der Waals surface area (Å²) >= 11 is 0. The van der Waals surface area contributed by atoms with E-state index in [9.17, 15) is 14.3 Å². The Morgan fingerprint density at radius 2 is 1.71 bits per heavy atom. The van der Waals surface area contributed by atoms with E-state index in [1.807, 2.05) is 47.4 Å². The minimum atomic E-state index is -0.756. The summed E-state index contributed by atoms with van der Waals surface area (Å²) in [6.45, 7) is 1.37. The van der Waals surface area contributed by atoms with E-state index >= 15 is 0 Å². The zero-order chi connectivity index (χ0) is 16.9. The zero-order valence-corrected chi connectivity index (χ0v) is 13.6. The molecule has 2 aromatic rings. The monoisotopic (exact) mass is 327 g/mol. The van der Waals surface area contributed by atoms with Crippen molar-refractivity contribution in [3.05, 3.63) is 71.5 Å². The van der Waals surface area contributed by atoms with Gasteiger partial charge in [-0.1, -0.05) is 42.5 Å². The number of nitrogens with zero attached hydrogens (tertiary/aromatic N) is 1. The average Bonchev–Trinajstić information content (AvgIpc) is 2.63. The first kappa shape index (κ1) is 16.7. The molecule has 1 fully saturated rings. The maximum Gasteiger partial charge on any atom is 0.225 e. The lowest BCUT2D eigenvalue weighted by molar-refractivity contribution is -0.134. The average molecular weight is 327 g/mol. The van der Waals surface area contributed by atoms with Gasteiger partial charge in [0.25, 0.3) is 0 Å². The van der Waals surface area contributed by atoms with Crippen LogP contribution in [0.3, 0.4) is 0 Å². The number of aliphatic hydroxyl groups excluding tert-OH is 1. The molecule has 2 aromatic carbocycles. The summed E-state index contributed by atoms with van der Waals surface area (Å²) < 4.78 is 13.0. The van der Waals surface area contributed by atoms with Crippen molar-refractivity contribution in [3.63, 3.8) is 0 Å². The predicted octanol–water partition coefficient (Wildman–Crippen LogP) is 3.66. The highest BCUT2D eigenvalue weighted by atomic mass is 19.1. The lowest BCUT2D eigenvalue weighted by atomic mass is 9.89. The first-order valence-corrected chi connectivity index (χ1v) is 8.40. The van der Waals surface area contributed by atoms with E-state index in [0.717, 1.165) is 24.0 Å². The molecule has 1 aliphatic heterocycles. The number of rotatable bonds is 4. The van der Waals surface area contributed by atoms with Gasteiger partial charge in [0.2, 0.25) is 5.91 Å². The van der Waals surface area contributed by atoms with Crippen molar-refractivity contribution in [2.45, 2.75) is 31.3 Å². The summed E-state index contributed by atoms with van der Waals surface area (Å²) in [7, 11) is 0. The van der Waals surface area contributed by atoms with Crippen LogP contribution in [-0.4, -0.2) is 29.0 Å². The molecule has 0 saturated carbocycles. The van der Waals surface area contributed by atoms with Crippen molar-refractivity contribution in [3.8, 4) is 0 Å². The van der Waals surface area contributed by atoms with Gasteiger partial charge in [0.1, 0.15) is 5.82 Å².